The molecule has 1 aliphatic carbocycles. The molecule has 3 N–H and O–H groups in total. The zero-order valence-electron chi connectivity index (χ0n) is 15.0. The molecule has 4 rings (SSSR count). The maximum atomic E-state index is 12.9. The Morgan fingerprint density at radius 1 is 1.19 bits per heavy atom. The Morgan fingerprint density at radius 3 is 2.63 bits per heavy atom. The Kier molecular flexibility index (Phi) is 4.85. The number of rotatable bonds is 4. The van der Waals surface area contributed by atoms with Crippen LogP contribution in [0, 0.1) is 5.82 Å². The lowest BCUT2D eigenvalue weighted by Gasteiger charge is -2.38. The maximum Gasteiger partial charge on any atom is 0.258 e. The standard InChI is InChI=1S/C21H23FN2O3/c22-14-5-7-15(8-6-14)27-13-18(25)24-19-16-3-1-2-4-17(16)21(20(19)26)9-11-23-12-10-21/h1-8,19-20,23,26H,9-13H2,(H,24,25)/t19-,20+/m1/s1. The van der Waals surface area contributed by atoms with Crippen LogP contribution in [0.3, 0.4) is 0 Å². The Morgan fingerprint density at radius 2 is 1.89 bits per heavy atom. The van der Waals surface area contributed by atoms with Crippen LogP contribution in [0.25, 0.3) is 0 Å². The van der Waals surface area contributed by atoms with Crippen molar-refractivity contribution in [3.05, 3.63) is 65.5 Å². The number of fused-ring (bicyclic) bond motifs is 2. The molecule has 1 amide bonds. The SMILES string of the molecule is O=C(COc1ccc(F)cc1)N[C@@H]1c2ccccc2C2(CCNCC2)[C@H]1O. The molecule has 1 heterocycles. The first-order valence-electron chi connectivity index (χ1n) is 9.26. The second-order valence-electron chi connectivity index (χ2n) is 7.23. The number of ether oxygens (including phenoxy) is 1. The van der Waals surface area contributed by atoms with E-state index in [9.17, 15) is 14.3 Å². The predicted molar refractivity (Wildman–Crippen MR) is 99.0 cm³/mol. The lowest BCUT2D eigenvalue weighted by Crippen LogP contribution is -2.49. The van der Waals surface area contributed by atoms with Crippen molar-refractivity contribution < 1.29 is 19.0 Å². The minimum Gasteiger partial charge on any atom is -0.484 e. The summed E-state index contributed by atoms with van der Waals surface area (Å²) >= 11 is 0. The molecule has 27 heavy (non-hydrogen) atoms. The Bertz CT molecular complexity index is 818. The van der Waals surface area contributed by atoms with E-state index in [1.54, 1.807) is 0 Å². The van der Waals surface area contributed by atoms with Gasteiger partial charge in [-0.2, -0.15) is 0 Å². The van der Waals surface area contributed by atoms with Gasteiger partial charge in [0.05, 0.1) is 12.1 Å². The first-order valence-corrected chi connectivity index (χ1v) is 9.26. The minimum absolute atomic E-state index is 0.189. The normalized spacial score (nSPS) is 23.0. The number of carbonyl (C=O) groups excluding carboxylic acids is 1. The molecule has 1 saturated heterocycles. The topological polar surface area (TPSA) is 70.6 Å². The Labute approximate surface area is 157 Å². The zero-order valence-corrected chi connectivity index (χ0v) is 15.0. The van der Waals surface area contributed by atoms with Crippen molar-refractivity contribution in [3.63, 3.8) is 0 Å². The van der Waals surface area contributed by atoms with Crippen molar-refractivity contribution in [1.82, 2.24) is 10.6 Å². The lowest BCUT2D eigenvalue weighted by atomic mass is 9.72. The van der Waals surface area contributed by atoms with E-state index in [4.69, 9.17) is 4.74 Å². The van der Waals surface area contributed by atoms with Gasteiger partial charge in [-0.25, -0.2) is 4.39 Å². The van der Waals surface area contributed by atoms with E-state index >= 15 is 0 Å². The third-order valence-corrected chi connectivity index (χ3v) is 5.71. The zero-order chi connectivity index (χ0) is 18.9. The number of nitrogens with one attached hydrogen (secondary N) is 2. The van der Waals surface area contributed by atoms with Crippen molar-refractivity contribution in [2.45, 2.75) is 30.4 Å². The van der Waals surface area contributed by atoms with Crippen LogP contribution < -0.4 is 15.4 Å². The molecular weight excluding hydrogens is 347 g/mol. The highest BCUT2D eigenvalue weighted by atomic mass is 19.1. The second kappa shape index (κ2) is 7.29. The molecule has 1 aliphatic heterocycles. The van der Waals surface area contributed by atoms with Gasteiger partial charge in [-0.05, 0) is 61.3 Å². The number of aliphatic hydroxyl groups is 1. The summed E-state index contributed by atoms with van der Waals surface area (Å²) in [6.07, 6.45) is 1.000. The number of halogens is 1. The fraction of sp³-hybridized carbons (Fsp3) is 0.381. The molecule has 0 saturated carbocycles. The molecule has 2 aliphatic rings. The van der Waals surface area contributed by atoms with Gasteiger partial charge in [0.25, 0.3) is 5.91 Å². The van der Waals surface area contributed by atoms with Crippen molar-refractivity contribution in [3.8, 4) is 5.75 Å². The second-order valence-corrected chi connectivity index (χ2v) is 7.23. The predicted octanol–water partition coefficient (Wildman–Crippen LogP) is 2.06. The molecule has 1 spiro atoms. The molecule has 0 aromatic heterocycles. The quantitative estimate of drug-likeness (QED) is 0.771. The average Bonchev–Trinajstić information content (AvgIpc) is 2.91. The molecule has 142 valence electrons. The van der Waals surface area contributed by atoms with E-state index in [0.717, 1.165) is 37.1 Å². The van der Waals surface area contributed by atoms with Gasteiger partial charge in [-0.3, -0.25) is 4.79 Å². The van der Waals surface area contributed by atoms with E-state index in [2.05, 4.69) is 16.7 Å². The summed E-state index contributed by atoms with van der Waals surface area (Å²) in [5.41, 5.74) is 1.78. The van der Waals surface area contributed by atoms with Crippen molar-refractivity contribution in [2.75, 3.05) is 19.7 Å². The van der Waals surface area contributed by atoms with Crippen LogP contribution in [-0.2, 0) is 10.2 Å². The van der Waals surface area contributed by atoms with E-state index in [1.807, 2.05) is 18.2 Å². The largest absolute Gasteiger partial charge is 0.484 e. The number of benzene rings is 2. The number of piperidine rings is 1. The van der Waals surface area contributed by atoms with Crippen LogP contribution in [0.4, 0.5) is 4.39 Å². The summed E-state index contributed by atoms with van der Waals surface area (Å²) in [7, 11) is 0. The number of hydrogen-bond donors (Lipinski definition) is 3. The monoisotopic (exact) mass is 370 g/mol. The number of aliphatic hydroxyl groups excluding tert-OH is 1. The van der Waals surface area contributed by atoms with Crippen LogP contribution in [0.15, 0.2) is 48.5 Å². The fourth-order valence-corrected chi connectivity index (χ4v) is 4.36. The van der Waals surface area contributed by atoms with E-state index < -0.39 is 12.1 Å². The summed E-state index contributed by atoms with van der Waals surface area (Å²) in [6.45, 7) is 1.51. The molecule has 6 heteroatoms. The van der Waals surface area contributed by atoms with Gasteiger partial charge in [-0.1, -0.05) is 24.3 Å². The maximum absolute atomic E-state index is 12.9. The average molecular weight is 370 g/mol. The summed E-state index contributed by atoms with van der Waals surface area (Å²) in [6, 6.07) is 13.0. The third-order valence-electron chi connectivity index (χ3n) is 5.71. The summed E-state index contributed by atoms with van der Waals surface area (Å²) in [5.74, 6) is -0.248. The van der Waals surface area contributed by atoms with Crippen LogP contribution >= 0.6 is 0 Å². The van der Waals surface area contributed by atoms with Crippen LogP contribution in [0.2, 0.25) is 0 Å². The van der Waals surface area contributed by atoms with Gasteiger partial charge in [0.15, 0.2) is 6.61 Å². The minimum atomic E-state index is -0.674. The highest BCUT2D eigenvalue weighted by Crippen LogP contribution is 2.49. The van der Waals surface area contributed by atoms with Crippen LogP contribution in [0.1, 0.15) is 30.0 Å². The highest BCUT2D eigenvalue weighted by Gasteiger charge is 2.52. The van der Waals surface area contributed by atoms with Gasteiger partial charge >= 0.3 is 0 Å². The molecule has 0 radical (unpaired) electrons. The third kappa shape index (κ3) is 3.31. The molecule has 2 atom stereocenters. The van der Waals surface area contributed by atoms with Crippen molar-refractivity contribution in [2.24, 2.45) is 0 Å². The Balaban J connectivity index is 1.48. The van der Waals surface area contributed by atoms with E-state index in [1.165, 1.54) is 24.3 Å². The number of carbonyl (C=O) groups is 1. The summed E-state index contributed by atoms with van der Waals surface area (Å²) in [4.78, 5) is 12.4. The summed E-state index contributed by atoms with van der Waals surface area (Å²) in [5, 5.41) is 17.4. The van der Waals surface area contributed by atoms with Crippen molar-refractivity contribution in [1.29, 1.82) is 0 Å². The molecular formula is C21H23FN2O3. The van der Waals surface area contributed by atoms with E-state index in [0.29, 0.717) is 5.75 Å². The van der Waals surface area contributed by atoms with Gasteiger partial charge in [0.2, 0.25) is 0 Å². The van der Waals surface area contributed by atoms with E-state index in [-0.39, 0.29) is 23.7 Å². The van der Waals surface area contributed by atoms with Crippen LogP contribution in [-0.4, -0.2) is 36.8 Å². The molecule has 1 fully saturated rings. The summed E-state index contributed by atoms with van der Waals surface area (Å²) < 4.78 is 18.4. The van der Waals surface area contributed by atoms with Gasteiger partial charge < -0.3 is 20.5 Å². The van der Waals surface area contributed by atoms with Gasteiger partial charge in [-0.15, -0.1) is 0 Å². The van der Waals surface area contributed by atoms with Crippen LogP contribution in [0.5, 0.6) is 5.75 Å². The van der Waals surface area contributed by atoms with Gasteiger partial charge in [0, 0.05) is 5.41 Å². The molecule has 0 bridgehead atoms. The van der Waals surface area contributed by atoms with Gasteiger partial charge in [0.1, 0.15) is 11.6 Å². The van der Waals surface area contributed by atoms with Crippen molar-refractivity contribution >= 4 is 5.91 Å². The molecule has 5 nitrogen and oxygen atoms in total. The first-order chi connectivity index (χ1) is 13.1. The number of amides is 1. The first kappa shape index (κ1) is 17.9. The fourth-order valence-electron chi connectivity index (χ4n) is 4.36. The molecule has 0 unspecified atom stereocenters. The molecule has 2 aromatic rings. The molecule has 2 aromatic carbocycles. The smallest absolute Gasteiger partial charge is 0.258 e. The highest BCUT2D eigenvalue weighted by molar-refractivity contribution is 5.78. The lowest BCUT2D eigenvalue weighted by molar-refractivity contribution is -0.125. The number of hydrogen-bond acceptors (Lipinski definition) is 4. The Hall–Kier alpha value is -2.44.